The minimum Gasteiger partial charge on any atom is -0.496 e. The van der Waals surface area contributed by atoms with Gasteiger partial charge in [0.05, 0.1) is 23.4 Å². The second-order valence-electron chi connectivity index (χ2n) is 5.10. The van der Waals surface area contributed by atoms with E-state index in [9.17, 15) is 4.79 Å². The number of aryl methyl sites for hydroxylation is 1. The van der Waals surface area contributed by atoms with Crippen molar-refractivity contribution in [1.82, 2.24) is 20.2 Å². The van der Waals surface area contributed by atoms with E-state index in [4.69, 9.17) is 21.1 Å². The molecule has 0 saturated carbocycles. The number of hydrogen-bond donors (Lipinski definition) is 1. The van der Waals surface area contributed by atoms with Gasteiger partial charge < -0.3 is 9.47 Å². The first-order valence-electron chi connectivity index (χ1n) is 7.15. The van der Waals surface area contributed by atoms with Crippen LogP contribution < -0.4 is 15.2 Å². The quantitative estimate of drug-likeness (QED) is 0.767. The summed E-state index contributed by atoms with van der Waals surface area (Å²) in [5.74, 6) is 1.12. The highest BCUT2D eigenvalue weighted by Gasteiger charge is 2.15. The molecule has 0 aliphatic carbocycles. The first kappa shape index (κ1) is 16.1. The summed E-state index contributed by atoms with van der Waals surface area (Å²) in [5, 5.41) is 10.1. The topological polar surface area (TPSA) is 82.0 Å². The van der Waals surface area contributed by atoms with E-state index in [1.807, 2.05) is 19.1 Å². The summed E-state index contributed by atoms with van der Waals surface area (Å²) in [4.78, 5) is 11.8. The molecule has 0 unspecified atom stereocenters. The van der Waals surface area contributed by atoms with E-state index in [1.165, 1.54) is 0 Å². The van der Waals surface area contributed by atoms with Crippen LogP contribution in [0.1, 0.15) is 11.1 Å². The number of H-pyrrole nitrogens is 1. The molecule has 0 aliphatic rings. The van der Waals surface area contributed by atoms with Gasteiger partial charge in [0.15, 0.2) is 0 Å². The number of tetrazole rings is 1. The number of aromatic nitrogens is 4. The predicted molar refractivity (Wildman–Crippen MR) is 89.1 cm³/mol. The second-order valence-corrected chi connectivity index (χ2v) is 5.51. The maximum atomic E-state index is 11.8. The second kappa shape index (κ2) is 6.76. The number of benzene rings is 2. The average Bonchev–Trinajstić information content (AvgIpc) is 2.99. The van der Waals surface area contributed by atoms with Crippen LogP contribution in [-0.4, -0.2) is 27.3 Å². The number of nitrogens with zero attached hydrogens (tertiary/aromatic N) is 3. The van der Waals surface area contributed by atoms with E-state index >= 15 is 0 Å². The molecule has 0 aliphatic heterocycles. The Bertz CT molecular complexity index is 920. The Morgan fingerprint density at radius 3 is 2.75 bits per heavy atom. The third kappa shape index (κ3) is 3.11. The predicted octanol–water partition coefficient (Wildman–Crippen LogP) is 2.51. The van der Waals surface area contributed by atoms with Crippen molar-refractivity contribution < 1.29 is 9.47 Å². The van der Waals surface area contributed by atoms with E-state index in [-0.39, 0.29) is 6.61 Å². The fourth-order valence-electron chi connectivity index (χ4n) is 2.32. The molecule has 2 aromatic carbocycles. The molecular formula is C16H15ClN4O3. The lowest BCUT2D eigenvalue weighted by Gasteiger charge is -2.14. The Hall–Kier alpha value is -2.80. The Morgan fingerprint density at radius 1 is 1.25 bits per heavy atom. The van der Waals surface area contributed by atoms with Crippen molar-refractivity contribution in [2.75, 3.05) is 7.11 Å². The first-order chi connectivity index (χ1) is 11.6. The molecule has 0 bridgehead atoms. The summed E-state index contributed by atoms with van der Waals surface area (Å²) in [5.41, 5.74) is 1.78. The molecule has 8 heteroatoms. The largest absolute Gasteiger partial charge is 0.496 e. The van der Waals surface area contributed by atoms with Crippen molar-refractivity contribution in [3.05, 3.63) is 63.0 Å². The van der Waals surface area contributed by atoms with Gasteiger partial charge in [-0.2, -0.15) is 4.68 Å². The van der Waals surface area contributed by atoms with Crippen LogP contribution in [0.4, 0.5) is 0 Å². The number of rotatable bonds is 5. The van der Waals surface area contributed by atoms with Gasteiger partial charge in [-0.25, -0.2) is 9.89 Å². The van der Waals surface area contributed by atoms with Crippen LogP contribution >= 0.6 is 11.6 Å². The number of nitrogens with one attached hydrogen (secondary N) is 1. The van der Waals surface area contributed by atoms with Crippen molar-refractivity contribution in [3.63, 3.8) is 0 Å². The lowest BCUT2D eigenvalue weighted by molar-refractivity contribution is 0.296. The summed E-state index contributed by atoms with van der Waals surface area (Å²) in [6.45, 7) is 2.10. The Balaban J connectivity index is 1.97. The molecular weight excluding hydrogens is 332 g/mol. The van der Waals surface area contributed by atoms with Gasteiger partial charge in [0.2, 0.25) is 0 Å². The zero-order valence-electron chi connectivity index (χ0n) is 13.1. The molecule has 1 heterocycles. The van der Waals surface area contributed by atoms with E-state index < -0.39 is 5.69 Å². The summed E-state index contributed by atoms with van der Waals surface area (Å²) in [6, 6.07) is 10.8. The monoisotopic (exact) mass is 346 g/mol. The van der Waals surface area contributed by atoms with Crippen molar-refractivity contribution in [2.45, 2.75) is 13.5 Å². The molecule has 1 N–H and O–H groups in total. The van der Waals surface area contributed by atoms with Gasteiger partial charge in [-0.15, -0.1) is 0 Å². The van der Waals surface area contributed by atoms with Gasteiger partial charge in [0.25, 0.3) is 0 Å². The van der Waals surface area contributed by atoms with E-state index in [1.54, 1.807) is 31.4 Å². The summed E-state index contributed by atoms with van der Waals surface area (Å²) in [6.07, 6.45) is 0. The Labute approximate surface area is 142 Å². The fraction of sp³-hybridized carbons (Fsp3) is 0.188. The normalized spacial score (nSPS) is 10.6. The highest BCUT2D eigenvalue weighted by Crippen LogP contribution is 2.29. The van der Waals surface area contributed by atoms with Crippen LogP contribution in [0.3, 0.4) is 0 Å². The first-order valence-corrected chi connectivity index (χ1v) is 7.53. The van der Waals surface area contributed by atoms with E-state index in [2.05, 4.69) is 15.5 Å². The van der Waals surface area contributed by atoms with Gasteiger partial charge >= 0.3 is 5.69 Å². The summed E-state index contributed by atoms with van der Waals surface area (Å²) in [7, 11) is 1.55. The van der Waals surface area contributed by atoms with Crippen LogP contribution in [-0.2, 0) is 6.61 Å². The molecule has 0 radical (unpaired) electrons. The number of halogens is 1. The smallest absolute Gasteiger partial charge is 0.365 e. The van der Waals surface area contributed by atoms with Gasteiger partial charge in [-0.05, 0) is 47.2 Å². The van der Waals surface area contributed by atoms with Gasteiger partial charge in [-0.1, -0.05) is 23.7 Å². The number of ether oxygens (including phenoxy) is 2. The average molecular weight is 347 g/mol. The van der Waals surface area contributed by atoms with Crippen LogP contribution in [0.5, 0.6) is 11.5 Å². The van der Waals surface area contributed by atoms with Gasteiger partial charge in [0, 0.05) is 0 Å². The summed E-state index contributed by atoms with van der Waals surface area (Å²) >= 11 is 6.20. The molecule has 124 valence electrons. The molecule has 3 rings (SSSR count). The molecule has 24 heavy (non-hydrogen) atoms. The Kier molecular flexibility index (Phi) is 4.52. The maximum absolute atomic E-state index is 11.8. The summed E-state index contributed by atoms with van der Waals surface area (Å²) < 4.78 is 12.3. The highest BCUT2D eigenvalue weighted by molar-refractivity contribution is 6.32. The molecule has 0 fully saturated rings. The standard InChI is InChI=1S/C16H15ClN4O3/c1-10-6-7-15(12(17)8-10)24-9-11-13(4-3-5-14(11)23-2)21-16(22)18-19-20-21/h3-8H,9H2,1-2H3,(H,18,20,22). The van der Waals surface area contributed by atoms with Crippen molar-refractivity contribution in [3.8, 4) is 17.2 Å². The minimum atomic E-state index is -0.446. The van der Waals surface area contributed by atoms with Crippen molar-refractivity contribution >= 4 is 11.6 Å². The van der Waals surface area contributed by atoms with E-state index in [0.717, 1.165) is 10.2 Å². The van der Waals surface area contributed by atoms with Crippen molar-refractivity contribution in [2.24, 2.45) is 0 Å². The lowest BCUT2D eigenvalue weighted by atomic mass is 10.1. The zero-order valence-corrected chi connectivity index (χ0v) is 13.9. The molecule has 0 spiro atoms. The SMILES string of the molecule is COc1cccc(-n2nn[nH]c2=O)c1COc1ccc(C)cc1Cl. The maximum Gasteiger partial charge on any atom is 0.365 e. The number of aromatic amines is 1. The molecule has 7 nitrogen and oxygen atoms in total. The third-order valence-electron chi connectivity index (χ3n) is 3.49. The van der Waals surface area contributed by atoms with Crippen LogP contribution in [0.15, 0.2) is 41.2 Å². The van der Waals surface area contributed by atoms with Crippen molar-refractivity contribution in [1.29, 1.82) is 0 Å². The van der Waals surface area contributed by atoms with Crippen LogP contribution in [0.2, 0.25) is 5.02 Å². The van der Waals surface area contributed by atoms with Gasteiger partial charge in [0.1, 0.15) is 18.1 Å². The van der Waals surface area contributed by atoms with Crippen LogP contribution in [0, 0.1) is 6.92 Å². The molecule has 1 aromatic heterocycles. The molecule has 0 atom stereocenters. The zero-order chi connectivity index (χ0) is 17.1. The highest BCUT2D eigenvalue weighted by atomic mass is 35.5. The Morgan fingerprint density at radius 2 is 2.08 bits per heavy atom. The molecule has 0 saturated heterocycles. The third-order valence-corrected chi connectivity index (χ3v) is 3.78. The fourth-order valence-corrected chi connectivity index (χ4v) is 2.61. The molecule has 0 amide bonds. The van der Waals surface area contributed by atoms with Crippen LogP contribution in [0.25, 0.3) is 5.69 Å². The number of hydrogen-bond acceptors (Lipinski definition) is 5. The number of methoxy groups -OCH3 is 1. The lowest BCUT2D eigenvalue weighted by Crippen LogP contribution is -2.18. The minimum absolute atomic E-state index is 0.154. The van der Waals surface area contributed by atoms with Gasteiger partial charge in [-0.3, -0.25) is 0 Å². The van der Waals surface area contributed by atoms with E-state index in [0.29, 0.717) is 27.8 Å². The molecule has 3 aromatic rings.